The molecule has 6 nitrogen and oxygen atoms in total. The van der Waals surface area contributed by atoms with Gasteiger partial charge >= 0.3 is 5.97 Å². The summed E-state index contributed by atoms with van der Waals surface area (Å²) in [7, 11) is 0. The average molecular weight is 379 g/mol. The van der Waals surface area contributed by atoms with Crippen LogP contribution < -0.4 is 5.43 Å². The predicted octanol–water partition coefficient (Wildman–Crippen LogP) is 2.23. The molecular formula is C16H15BrN2O4. The van der Waals surface area contributed by atoms with Crippen molar-refractivity contribution >= 4 is 38.7 Å². The van der Waals surface area contributed by atoms with Crippen molar-refractivity contribution < 1.29 is 14.7 Å². The van der Waals surface area contributed by atoms with Gasteiger partial charge in [0.25, 0.3) is 5.91 Å². The van der Waals surface area contributed by atoms with E-state index in [0.717, 1.165) is 4.47 Å². The molecule has 1 saturated heterocycles. The Morgan fingerprint density at radius 1 is 1.35 bits per heavy atom. The van der Waals surface area contributed by atoms with Gasteiger partial charge in [-0.3, -0.25) is 14.4 Å². The Morgan fingerprint density at radius 3 is 2.74 bits per heavy atom. The number of halogens is 1. The van der Waals surface area contributed by atoms with E-state index < -0.39 is 11.4 Å². The summed E-state index contributed by atoms with van der Waals surface area (Å²) in [5.41, 5.74) is -0.426. The van der Waals surface area contributed by atoms with Gasteiger partial charge in [-0.15, -0.1) is 0 Å². The van der Waals surface area contributed by atoms with Crippen LogP contribution in [0.5, 0.6) is 0 Å². The van der Waals surface area contributed by atoms with E-state index in [9.17, 15) is 19.5 Å². The molecule has 1 fully saturated rings. The van der Waals surface area contributed by atoms with Crippen molar-refractivity contribution in [1.82, 2.24) is 9.88 Å². The van der Waals surface area contributed by atoms with Gasteiger partial charge in [0.1, 0.15) is 5.69 Å². The summed E-state index contributed by atoms with van der Waals surface area (Å²) in [4.78, 5) is 40.5. The van der Waals surface area contributed by atoms with Gasteiger partial charge in [-0.05, 0) is 31.5 Å². The van der Waals surface area contributed by atoms with E-state index >= 15 is 0 Å². The number of hydrogen-bond acceptors (Lipinski definition) is 3. The molecular weight excluding hydrogens is 364 g/mol. The highest BCUT2D eigenvalue weighted by Gasteiger charge is 2.42. The first-order valence-electron chi connectivity index (χ1n) is 7.15. The number of hydrogen-bond donors (Lipinski definition) is 2. The summed E-state index contributed by atoms with van der Waals surface area (Å²) in [5, 5.41) is 9.75. The van der Waals surface area contributed by atoms with Crippen molar-refractivity contribution in [3.63, 3.8) is 0 Å². The average Bonchev–Trinajstić information content (AvgIpc) is 2.91. The van der Waals surface area contributed by atoms with Crippen molar-refractivity contribution in [2.24, 2.45) is 5.41 Å². The van der Waals surface area contributed by atoms with Crippen LogP contribution in [0.25, 0.3) is 10.9 Å². The molecule has 2 aromatic rings. The van der Waals surface area contributed by atoms with Crippen LogP contribution in [0.4, 0.5) is 0 Å². The minimum absolute atomic E-state index is 0.140. The lowest BCUT2D eigenvalue weighted by atomic mass is 9.90. The number of benzene rings is 1. The number of carbonyl (C=O) groups excluding carboxylic acids is 1. The van der Waals surface area contributed by atoms with Crippen LogP contribution in [0.2, 0.25) is 0 Å². The molecule has 0 saturated carbocycles. The number of carbonyl (C=O) groups is 2. The summed E-state index contributed by atoms with van der Waals surface area (Å²) >= 11 is 3.31. The van der Waals surface area contributed by atoms with Gasteiger partial charge in [0, 0.05) is 34.5 Å². The first kappa shape index (κ1) is 15.7. The van der Waals surface area contributed by atoms with E-state index in [1.807, 2.05) is 0 Å². The number of carboxylic acids is 1. The van der Waals surface area contributed by atoms with E-state index in [-0.39, 0.29) is 23.6 Å². The van der Waals surface area contributed by atoms with E-state index in [1.165, 1.54) is 11.0 Å². The monoisotopic (exact) mass is 378 g/mol. The molecule has 120 valence electrons. The Balaban J connectivity index is 1.95. The molecule has 2 N–H and O–H groups in total. The quantitative estimate of drug-likeness (QED) is 0.837. The van der Waals surface area contributed by atoms with Crippen LogP contribution in [-0.2, 0) is 4.79 Å². The van der Waals surface area contributed by atoms with Crippen molar-refractivity contribution in [3.8, 4) is 0 Å². The molecule has 3 rings (SSSR count). The van der Waals surface area contributed by atoms with E-state index in [1.54, 1.807) is 25.1 Å². The maximum absolute atomic E-state index is 12.6. The molecule has 1 aromatic heterocycles. The van der Waals surface area contributed by atoms with Crippen LogP contribution in [-0.4, -0.2) is 40.0 Å². The third-order valence-electron chi connectivity index (χ3n) is 4.30. The summed E-state index contributed by atoms with van der Waals surface area (Å²) in [6, 6.07) is 6.47. The zero-order chi connectivity index (χ0) is 16.8. The second-order valence-electron chi connectivity index (χ2n) is 6.08. The Bertz CT molecular complexity index is 876. The standard InChI is InChI=1S/C16H15BrN2O4/c1-16(15(22)23)4-5-19(8-16)14(21)12-7-13(20)10-6-9(17)2-3-11(10)18-12/h2-3,6-7H,4-5,8H2,1H3,(H,18,20)(H,22,23)/t16-/m1/s1. The Hall–Kier alpha value is -2.15. The topological polar surface area (TPSA) is 90.5 Å². The molecule has 0 radical (unpaired) electrons. The highest BCUT2D eigenvalue weighted by molar-refractivity contribution is 9.10. The van der Waals surface area contributed by atoms with E-state index in [4.69, 9.17) is 0 Å². The number of likely N-dealkylation sites (tertiary alicyclic amines) is 1. The number of fused-ring (bicyclic) bond motifs is 1. The lowest BCUT2D eigenvalue weighted by Crippen LogP contribution is -2.35. The summed E-state index contributed by atoms with van der Waals surface area (Å²) in [5.74, 6) is -1.26. The van der Waals surface area contributed by atoms with Crippen LogP contribution >= 0.6 is 15.9 Å². The molecule has 1 aromatic carbocycles. The van der Waals surface area contributed by atoms with Gasteiger partial charge in [-0.25, -0.2) is 0 Å². The third-order valence-corrected chi connectivity index (χ3v) is 4.79. The lowest BCUT2D eigenvalue weighted by Gasteiger charge is -2.20. The molecule has 23 heavy (non-hydrogen) atoms. The fourth-order valence-corrected chi connectivity index (χ4v) is 3.17. The van der Waals surface area contributed by atoms with Crippen LogP contribution in [0, 0.1) is 5.41 Å². The van der Waals surface area contributed by atoms with E-state index in [0.29, 0.717) is 23.9 Å². The number of rotatable bonds is 2. The number of nitrogens with zero attached hydrogens (tertiary/aromatic N) is 1. The van der Waals surface area contributed by atoms with Gasteiger partial charge < -0.3 is 15.0 Å². The smallest absolute Gasteiger partial charge is 0.311 e. The molecule has 0 unspecified atom stereocenters. The number of amides is 1. The minimum atomic E-state index is -0.933. The Morgan fingerprint density at radius 2 is 2.09 bits per heavy atom. The summed E-state index contributed by atoms with van der Waals surface area (Å²) < 4.78 is 0.784. The molecule has 0 bridgehead atoms. The number of aliphatic carboxylic acids is 1. The van der Waals surface area contributed by atoms with Crippen molar-refractivity contribution in [2.75, 3.05) is 13.1 Å². The predicted molar refractivity (Wildman–Crippen MR) is 88.5 cm³/mol. The molecule has 1 aliphatic heterocycles. The van der Waals surface area contributed by atoms with E-state index in [2.05, 4.69) is 20.9 Å². The lowest BCUT2D eigenvalue weighted by molar-refractivity contribution is -0.147. The largest absolute Gasteiger partial charge is 0.481 e. The first-order chi connectivity index (χ1) is 10.8. The SMILES string of the molecule is C[C@@]1(C(=O)O)CCN(C(=O)c2cc(=O)c3cc(Br)ccc3[nH]2)C1. The highest BCUT2D eigenvalue weighted by atomic mass is 79.9. The van der Waals surface area contributed by atoms with Crippen molar-refractivity contribution in [1.29, 1.82) is 0 Å². The summed E-state index contributed by atoms with van der Waals surface area (Å²) in [6.45, 7) is 2.13. The second kappa shape index (κ2) is 5.49. The number of pyridine rings is 1. The molecule has 1 aliphatic rings. The van der Waals surface area contributed by atoms with Crippen molar-refractivity contribution in [2.45, 2.75) is 13.3 Å². The second-order valence-corrected chi connectivity index (χ2v) is 7.00. The zero-order valence-corrected chi connectivity index (χ0v) is 14.0. The minimum Gasteiger partial charge on any atom is -0.481 e. The molecule has 1 amide bonds. The number of carboxylic acid groups (broad SMARTS) is 1. The number of H-pyrrole nitrogens is 1. The Labute approximate surface area is 140 Å². The molecule has 0 spiro atoms. The van der Waals surface area contributed by atoms with Gasteiger partial charge in [0.05, 0.1) is 5.41 Å². The number of aromatic amines is 1. The van der Waals surface area contributed by atoms with Gasteiger partial charge in [0.2, 0.25) is 0 Å². The highest BCUT2D eigenvalue weighted by Crippen LogP contribution is 2.30. The molecule has 7 heteroatoms. The van der Waals surface area contributed by atoms with Gasteiger partial charge in [0.15, 0.2) is 5.43 Å². The van der Waals surface area contributed by atoms with Crippen LogP contribution in [0.3, 0.4) is 0 Å². The third kappa shape index (κ3) is 2.76. The molecule has 2 heterocycles. The number of aromatic nitrogens is 1. The number of nitrogens with one attached hydrogen (secondary N) is 1. The Kier molecular flexibility index (Phi) is 3.75. The van der Waals surface area contributed by atoms with Gasteiger partial charge in [-0.2, -0.15) is 0 Å². The molecule has 1 atom stereocenters. The summed E-state index contributed by atoms with van der Waals surface area (Å²) in [6.07, 6.45) is 0.402. The first-order valence-corrected chi connectivity index (χ1v) is 7.95. The van der Waals surface area contributed by atoms with Crippen molar-refractivity contribution in [3.05, 3.63) is 44.7 Å². The van der Waals surface area contributed by atoms with Gasteiger partial charge in [-0.1, -0.05) is 15.9 Å². The van der Waals surface area contributed by atoms with Crippen LogP contribution in [0.1, 0.15) is 23.8 Å². The zero-order valence-electron chi connectivity index (χ0n) is 12.4. The molecule has 0 aliphatic carbocycles. The normalized spacial score (nSPS) is 20.9. The maximum atomic E-state index is 12.6. The van der Waals surface area contributed by atoms with Crippen LogP contribution in [0.15, 0.2) is 33.5 Å². The fourth-order valence-electron chi connectivity index (χ4n) is 2.81. The fraction of sp³-hybridized carbons (Fsp3) is 0.312. The maximum Gasteiger partial charge on any atom is 0.311 e.